The van der Waals surface area contributed by atoms with Crippen molar-refractivity contribution >= 4 is 34.7 Å². The lowest BCUT2D eigenvalue weighted by Crippen LogP contribution is -2.60. The number of aryl methyl sites for hydroxylation is 3. The third kappa shape index (κ3) is 12.5. The maximum absolute atomic E-state index is 14.7. The number of benzene rings is 1. The van der Waals surface area contributed by atoms with Gasteiger partial charge in [-0.15, -0.1) is 0 Å². The number of rotatable bonds is 17. The predicted octanol–water partition coefficient (Wildman–Crippen LogP) is 6.12. The molecule has 3 N–H and O–H groups in total. The molecule has 1 amide bonds. The number of likely N-dealkylation sites (N-methyl/N-ethyl adjacent to an activating group) is 1. The maximum atomic E-state index is 14.7. The molecule has 1 aromatic carbocycles. The minimum absolute atomic E-state index is 0.120. The minimum atomic E-state index is -1.52. The Morgan fingerprint density at radius 1 is 0.947 bits per heavy atom. The summed E-state index contributed by atoms with van der Waals surface area (Å²) >= 11 is 0. The molecule has 4 fully saturated rings. The van der Waals surface area contributed by atoms with Gasteiger partial charge in [0.05, 0.1) is 47.6 Å². The molecule has 0 bridgehead atoms. The number of methoxy groups -OCH3 is 1. The Morgan fingerprint density at radius 3 is 2.32 bits per heavy atom. The molecule has 4 saturated heterocycles. The van der Waals surface area contributed by atoms with Crippen LogP contribution in [0.4, 0.5) is 4.79 Å². The monoisotopic (exact) mass is 1070 g/mol. The van der Waals surface area contributed by atoms with Crippen molar-refractivity contribution in [2.75, 3.05) is 47.9 Å². The number of ether oxygens (including phenoxy) is 8. The Balaban J connectivity index is 1.05. The van der Waals surface area contributed by atoms with Gasteiger partial charge in [0.25, 0.3) is 0 Å². The van der Waals surface area contributed by atoms with E-state index in [1.54, 1.807) is 27.9 Å². The molecule has 7 rings (SSSR count). The second-order valence-electron chi connectivity index (χ2n) is 24.0. The average molecular weight is 1070 g/mol. The number of nitrogens with zero attached hydrogens (tertiary/aromatic N) is 3. The molecule has 0 unspecified atom stereocenters. The number of carbonyl (C=O) groups excluding carboxylic acids is 3. The Morgan fingerprint density at radius 2 is 1.66 bits per heavy atom. The smallest absolute Gasteiger partial charge is 0.408 e. The number of ketones is 1. The zero-order valence-electron chi connectivity index (χ0n) is 47.6. The highest BCUT2D eigenvalue weighted by Crippen LogP contribution is 2.44. The molecule has 0 aliphatic carbocycles. The van der Waals surface area contributed by atoms with Gasteiger partial charge in [0.2, 0.25) is 5.43 Å². The number of nitrogens with one attached hydrogen (secondary N) is 1. The maximum Gasteiger partial charge on any atom is 0.408 e. The van der Waals surface area contributed by atoms with Crippen LogP contribution in [0.2, 0.25) is 0 Å². The van der Waals surface area contributed by atoms with Crippen molar-refractivity contribution in [2.24, 2.45) is 23.2 Å². The highest BCUT2D eigenvalue weighted by atomic mass is 16.7. The van der Waals surface area contributed by atoms with Crippen LogP contribution >= 0.6 is 0 Å². The van der Waals surface area contributed by atoms with Crippen LogP contribution in [0.3, 0.4) is 0 Å². The molecule has 19 nitrogen and oxygen atoms in total. The Hall–Kier alpha value is -4.05. The molecule has 5 aliphatic rings. The van der Waals surface area contributed by atoms with Gasteiger partial charge in [-0.25, -0.2) is 9.59 Å². The molecular formula is C57H88N4O15. The van der Waals surface area contributed by atoms with Crippen molar-refractivity contribution in [2.45, 2.75) is 212 Å². The molecule has 5 aliphatic heterocycles. The van der Waals surface area contributed by atoms with Crippen molar-refractivity contribution in [3.63, 3.8) is 0 Å². The van der Waals surface area contributed by atoms with E-state index in [-0.39, 0.29) is 42.4 Å². The number of aromatic nitrogens is 1. The summed E-state index contributed by atoms with van der Waals surface area (Å²) in [6.07, 6.45) is -0.613. The fraction of sp³-hybridized carbons (Fsp3) is 0.772. The first kappa shape index (κ1) is 59.6. The summed E-state index contributed by atoms with van der Waals surface area (Å²) in [6.45, 7) is 21.7. The van der Waals surface area contributed by atoms with E-state index in [0.717, 1.165) is 61.8 Å². The highest BCUT2D eigenvalue weighted by molar-refractivity contribution is 5.94. The van der Waals surface area contributed by atoms with Crippen molar-refractivity contribution in [1.82, 2.24) is 19.7 Å². The number of aliphatic hydroxyl groups excluding tert-OH is 1. The number of esters is 1. The number of carboxylic acids is 1. The summed E-state index contributed by atoms with van der Waals surface area (Å²) in [4.78, 5) is 71.4. The second-order valence-corrected chi connectivity index (χ2v) is 24.0. The van der Waals surface area contributed by atoms with Crippen LogP contribution < -0.4 is 10.7 Å². The number of amides is 1. The number of hydrogen-bond acceptors (Lipinski definition) is 16. The first-order valence-electron chi connectivity index (χ1n) is 27.7. The summed E-state index contributed by atoms with van der Waals surface area (Å²) in [6, 6.07) is 2.63. The van der Waals surface area contributed by atoms with Crippen molar-refractivity contribution in [1.29, 1.82) is 0 Å². The van der Waals surface area contributed by atoms with Crippen LogP contribution in [0.5, 0.6) is 0 Å². The SMILES string of the molecule is CC[C@H]1OC(=O)[C@H](C)[C@@H](O[C@H]2CC(C)(C)[C@@H](OCCCN(C)CCCc3cc4c5c(c3)c(=O)c(C(=O)O)cn5CCC4)[C@H](C)O2)[C@H](C)[C@@H](O[C@@H]2O[C@H](C)C[C@H](N(C)C)[C@H]2O)[C@](C)(OC)C[C@@H](C)C(=O)[C@H]2NC(=O)O[C@@]21C. The number of aromatic carboxylic acids is 1. The number of alkyl carbamates (subject to hydrolysis) is 1. The molecule has 6 heterocycles. The molecule has 2 aromatic rings. The number of cyclic esters (lactones) is 1. The quantitative estimate of drug-likeness (QED) is 0.120. The molecule has 76 heavy (non-hydrogen) atoms. The first-order valence-corrected chi connectivity index (χ1v) is 27.7. The van der Waals surface area contributed by atoms with Crippen LogP contribution in [-0.2, 0) is 66.9 Å². The molecule has 1 aromatic heterocycles. The number of Topliss-reactive ketones (excluding diaryl/α,β-unsaturated/α-hetero) is 1. The highest BCUT2D eigenvalue weighted by Gasteiger charge is 2.59. The summed E-state index contributed by atoms with van der Waals surface area (Å²) in [5.41, 5.74) is -0.845. The number of carboxylic acid groups (broad SMARTS) is 1. The lowest BCUT2D eigenvalue weighted by molar-refractivity contribution is -0.315. The molecular weight excluding hydrogens is 981 g/mol. The number of hydrogen-bond donors (Lipinski definition) is 3. The van der Waals surface area contributed by atoms with Crippen LogP contribution in [0.1, 0.15) is 136 Å². The Bertz CT molecular complexity index is 2470. The van der Waals surface area contributed by atoms with E-state index in [0.29, 0.717) is 31.4 Å². The summed E-state index contributed by atoms with van der Waals surface area (Å²) in [5.74, 6) is -4.50. The molecule has 0 radical (unpaired) electrons. The largest absolute Gasteiger partial charge is 0.477 e. The van der Waals surface area contributed by atoms with Gasteiger partial charge in [0, 0.05) is 62.7 Å². The lowest BCUT2D eigenvalue weighted by atomic mass is 9.75. The zero-order chi connectivity index (χ0) is 55.8. The second kappa shape index (κ2) is 24.1. The van der Waals surface area contributed by atoms with E-state index < -0.39 is 107 Å². The van der Waals surface area contributed by atoms with Crippen LogP contribution in [0.25, 0.3) is 10.9 Å². The van der Waals surface area contributed by atoms with Gasteiger partial charge in [-0.1, -0.05) is 40.7 Å². The van der Waals surface area contributed by atoms with Crippen LogP contribution in [-0.4, -0.2) is 175 Å². The third-order valence-corrected chi connectivity index (χ3v) is 17.3. The van der Waals surface area contributed by atoms with Gasteiger partial charge >= 0.3 is 18.0 Å². The van der Waals surface area contributed by atoms with E-state index >= 15 is 0 Å². The van der Waals surface area contributed by atoms with Crippen molar-refractivity contribution < 1.29 is 67.3 Å². The summed E-state index contributed by atoms with van der Waals surface area (Å²) in [7, 11) is 7.42. The van der Waals surface area contributed by atoms with E-state index in [1.165, 1.54) is 6.20 Å². The van der Waals surface area contributed by atoms with Gasteiger partial charge in [0.15, 0.2) is 24.0 Å². The molecule has 0 spiro atoms. The van der Waals surface area contributed by atoms with Gasteiger partial charge in [-0.2, -0.15) is 0 Å². The number of fused-ring (bicyclic) bond motifs is 1. The Kier molecular flexibility index (Phi) is 18.9. The average Bonchev–Trinajstić information content (AvgIpc) is 3.68. The summed E-state index contributed by atoms with van der Waals surface area (Å²) in [5, 5.41) is 24.7. The van der Waals surface area contributed by atoms with E-state index in [4.69, 9.17) is 37.9 Å². The topological polar surface area (TPSA) is 223 Å². The first-order chi connectivity index (χ1) is 35.7. The standard InChI is InChI=1S/C57H88N4O15/c1-15-41-57(10)48(58-54(68)76-57)44(62)31(2)28-56(9,69-14)49(75-53-46(64)40(59(11)12)25-32(3)71-53)33(4)47(34(5)52(67)73-41)74-42-29-55(7,8)50(35(6)72-42)70-24-18-22-60(13)21-16-19-36-26-37-20-17-23-61-30-39(51(65)66)45(63)38(27-36)43(37)61/h26-27,30-35,40-42,46-50,53,64H,15-25,28-29H2,1-14H3,(H,58,68)(H,65,66)/t31-,32-,33+,34-,35+,40+,41-,42+,46-,47+,48-,49-,50+,53+,56-,57-/m1/s1. The van der Waals surface area contributed by atoms with Crippen LogP contribution in [0.15, 0.2) is 23.1 Å². The summed E-state index contributed by atoms with van der Waals surface area (Å²) < 4.78 is 54.2. The van der Waals surface area contributed by atoms with Gasteiger partial charge in [-0.3, -0.25) is 14.4 Å². The Labute approximate surface area is 448 Å². The number of aliphatic hydroxyl groups is 1. The third-order valence-electron chi connectivity index (χ3n) is 17.3. The van der Waals surface area contributed by atoms with Crippen LogP contribution in [0, 0.1) is 23.2 Å². The number of pyridine rings is 1. The fourth-order valence-electron chi connectivity index (χ4n) is 13.1. The van der Waals surface area contributed by atoms with Crippen molar-refractivity contribution in [3.8, 4) is 0 Å². The lowest BCUT2D eigenvalue weighted by Gasteiger charge is -2.49. The van der Waals surface area contributed by atoms with E-state index in [1.807, 2.05) is 64.2 Å². The molecule has 426 valence electrons. The normalized spacial score (nSPS) is 36.2. The predicted molar refractivity (Wildman–Crippen MR) is 283 cm³/mol. The van der Waals surface area contributed by atoms with Crippen molar-refractivity contribution in [3.05, 3.63) is 45.2 Å². The number of carbonyl (C=O) groups is 4. The van der Waals surface area contributed by atoms with Gasteiger partial charge in [-0.05, 0) is 136 Å². The molecule has 0 saturated carbocycles. The zero-order valence-corrected chi connectivity index (χ0v) is 47.6. The van der Waals surface area contributed by atoms with E-state index in [2.05, 4.69) is 37.2 Å². The van der Waals surface area contributed by atoms with Gasteiger partial charge in [0.1, 0.15) is 23.8 Å². The molecule has 19 heteroatoms. The van der Waals surface area contributed by atoms with E-state index in [9.17, 15) is 34.2 Å². The molecule has 16 atom stereocenters. The van der Waals surface area contributed by atoms with Gasteiger partial charge < -0.3 is 67.8 Å². The fourth-order valence-corrected chi connectivity index (χ4v) is 13.1. The minimum Gasteiger partial charge on any atom is -0.477 e.